The van der Waals surface area contributed by atoms with Crippen LogP contribution in [0, 0.1) is 12.3 Å². The van der Waals surface area contributed by atoms with Gasteiger partial charge in [0.15, 0.2) is 5.75 Å². The maximum atomic E-state index is 12.3. The summed E-state index contributed by atoms with van der Waals surface area (Å²) in [6.07, 6.45) is 0. The van der Waals surface area contributed by atoms with E-state index in [1.807, 2.05) is 26.0 Å². The van der Waals surface area contributed by atoms with Gasteiger partial charge in [0.05, 0.1) is 30.6 Å². The van der Waals surface area contributed by atoms with Crippen molar-refractivity contribution < 1.29 is 14.3 Å². The molecule has 1 aromatic heterocycles. The third kappa shape index (κ3) is 2.82. The number of furan rings is 1. The number of phenols is 1. The number of nitrogens with two attached hydrogens (primary N) is 1. The van der Waals surface area contributed by atoms with Crippen molar-refractivity contribution in [1.82, 2.24) is 0 Å². The maximum absolute atomic E-state index is 12.3. The number of hydrogen-bond acceptors (Lipinski definition) is 8. The predicted molar refractivity (Wildman–Crippen MR) is 106 cm³/mol. The number of ether oxygens (including phenoxy) is 1. The van der Waals surface area contributed by atoms with Crippen LogP contribution < -0.4 is 27.2 Å². The molecule has 1 atom stereocenters. The van der Waals surface area contributed by atoms with E-state index in [-0.39, 0.29) is 40.0 Å². The van der Waals surface area contributed by atoms with Gasteiger partial charge in [-0.15, -0.1) is 0 Å². The average Bonchev–Trinajstić information content (AvgIpc) is 3.08. The number of rotatable bonds is 6. The Morgan fingerprint density at radius 1 is 1.14 bits per heavy atom. The molecule has 0 radical (unpaired) electrons. The summed E-state index contributed by atoms with van der Waals surface area (Å²) in [6.45, 7) is 4.86. The smallest absolute Gasteiger partial charge is 0.253 e. The van der Waals surface area contributed by atoms with Crippen molar-refractivity contribution in [2.24, 2.45) is 5.41 Å². The zero-order valence-corrected chi connectivity index (χ0v) is 15.5. The lowest BCUT2D eigenvalue weighted by Crippen LogP contribution is -2.49. The van der Waals surface area contributed by atoms with Crippen LogP contribution in [0.25, 0.3) is 0 Å². The highest BCUT2D eigenvalue weighted by atomic mass is 16.5. The molecule has 1 saturated heterocycles. The normalized spacial score (nSPS) is 16.5. The molecule has 2 heterocycles. The van der Waals surface area contributed by atoms with Gasteiger partial charge in [-0.2, -0.15) is 0 Å². The highest BCUT2D eigenvalue weighted by Gasteiger charge is 2.45. The largest absolute Gasteiger partial charge is 0.504 e. The molecule has 146 valence electrons. The van der Waals surface area contributed by atoms with Crippen molar-refractivity contribution in [2.75, 3.05) is 29.6 Å². The van der Waals surface area contributed by atoms with Crippen LogP contribution in [0.3, 0.4) is 0 Å². The summed E-state index contributed by atoms with van der Waals surface area (Å²) in [5, 5.41) is 16.1. The van der Waals surface area contributed by atoms with Crippen LogP contribution in [-0.2, 0) is 4.74 Å². The molecule has 1 aliphatic heterocycles. The fourth-order valence-corrected chi connectivity index (χ4v) is 3.38. The first-order valence-corrected chi connectivity index (χ1v) is 8.88. The Balaban J connectivity index is 1.67. The lowest BCUT2D eigenvalue weighted by molar-refractivity contribution is -0.115. The van der Waals surface area contributed by atoms with E-state index in [9.17, 15) is 14.7 Å². The second-order valence-electron chi connectivity index (χ2n) is 7.45. The zero-order chi connectivity index (χ0) is 20.1. The second kappa shape index (κ2) is 6.42. The molecule has 0 aliphatic carbocycles. The van der Waals surface area contributed by atoms with Crippen molar-refractivity contribution in [1.29, 1.82) is 0 Å². The highest BCUT2D eigenvalue weighted by molar-refractivity contribution is 5.82. The van der Waals surface area contributed by atoms with Gasteiger partial charge in [-0.3, -0.25) is 9.59 Å². The first-order chi connectivity index (χ1) is 13.3. The van der Waals surface area contributed by atoms with Gasteiger partial charge in [0, 0.05) is 5.41 Å². The Morgan fingerprint density at radius 3 is 2.46 bits per heavy atom. The molecule has 0 bridgehead atoms. The van der Waals surface area contributed by atoms with Crippen LogP contribution >= 0.6 is 0 Å². The second-order valence-corrected chi connectivity index (χ2v) is 7.45. The van der Waals surface area contributed by atoms with Crippen molar-refractivity contribution in [3.8, 4) is 5.75 Å². The maximum Gasteiger partial charge on any atom is 0.253 e. The minimum atomic E-state index is -0.659. The molecule has 1 aliphatic rings. The third-order valence-corrected chi connectivity index (χ3v) is 5.13. The van der Waals surface area contributed by atoms with Crippen LogP contribution in [0.15, 0.2) is 44.3 Å². The summed E-state index contributed by atoms with van der Waals surface area (Å²) < 4.78 is 11.1. The lowest BCUT2D eigenvalue weighted by atomic mass is 9.79. The Morgan fingerprint density at radius 2 is 1.86 bits per heavy atom. The average molecular weight is 383 g/mol. The molecule has 5 N–H and O–H groups in total. The molecule has 0 amide bonds. The van der Waals surface area contributed by atoms with Crippen LogP contribution in [0.2, 0.25) is 0 Å². The topological polar surface area (TPSA) is 127 Å². The number of aromatic hydroxyl groups is 1. The first kappa shape index (κ1) is 18.1. The highest BCUT2D eigenvalue weighted by Crippen LogP contribution is 2.43. The van der Waals surface area contributed by atoms with E-state index in [1.165, 1.54) is 6.07 Å². The molecule has 8 heteroatoms. The first-order valence-electron chi connectivity index (χ1n) is 8.88. The van der Waals surface area contributed by atoms with Gasteiger partial charge in [-0.05, 0) is 31.2 Å². The molecule has 3 aromatic rings. The van der Waals surface area contributed by atoms with E-state index < -0.39 is 10.9 Å². The SMILES string of the molecule is Cc1ccc(C(Nc2c(Nc3cccc(N)c3O)c(=O)c2=O)C2(C)COC2)o1. The van der Waals surface area contributed by atoms with E-state index in [2.05, 4.69) is 10.6 Å². The van der Waals surface area contributed by atoms with Gasteiger partial charge in [0.25, 0.3) is 10.9 Å². The number of hydrogen-bond donors (Lipinski definition) is 4. The number of para-hydroxylation sites is 1. The quantitative estimate of drug-likeness (QED) is 0.290. The lowest BCUT2D eigenvalue weighted by Gasteiger charge is -2.44. The van der Waals surface area contributed by atoms with Gasteiger partial charge < -0.3 is 30.6 Å². The Bertz CT molecular complexity index is 1110. The molecule has 0 saturated carbocycles. The third-order valence-electron chi connectivity index (χ3n) is 5.13. The van der Waals surface area contributed by atoms with Crippen molar-refractivity contribution in [3.63, 3.8) is 0 Å². The standard InChI is InChI=1S/C20H21N3O5/c1-10-6-7-13(28-10)19(20(2)8-27-9-20)23-15-14(17(25)18(15)26)22-12-5-3-4-11(21)16(12)24/h3-7,19,22-24H,8-9,21H2,1-2H3. The molecule has 0 spiro atoms. The summed E-state index contributed by atoms with van der Waals surface area (Å²) in [7, 11) is 0. The Kier molecular flexibility index (Phi) is 4.15. The van der Waals surface area contributed by atoms with Gasteiger partial charge in [-0.1, -0.05) is 13.0 Å². The minimum absolute atomic E-state index is 0.0861. The molecule has 1 fully saturated rings. The summed E-state index contributed by atoms with van der Waals surface area (Å²) in [4.78, 5) is 24.4. The van der Waals surface area contributed by atoms with Crippen molar-refractivity contribution >= 4 is 22.7 Å². The van der Waals surface area contributed by atoms with E-state index in [4.69, 9.17) is 14.9 Å². The van der Waals surface area contributed by atoms with Crippen LogP contribution in [0.5, 0.6) is 5.75 Å². The Labute approximate surface area is 160 Å². The number of benzene rings is 1. The zero-order valence-electron chi connectivity index (χ0n) is 15.5. The van der Waals surface area contributed by atoms with E-state index in [1.54, 1.807) is 12.1 Å². The van der Waals surface area contributed by atoms with Crippen molar-refractivity contribution in [3.05, 3.63) is 62.3 Å². The summed E-state index contributed by atoms with van der Waals surface area (Å²) in [5.41, 5.74) is 4.78. The molecule has 28 heavy (non-hydrogen) atoms. The number of anilines is 4. The van der Waals surface area contributed by atoms with Gasteiger partial charge in [0.1, 0.15) is 22.9 Å². The molecule has 1 unspecified atom stereocenters. The monoisotopic (exact) mass is 383 g/mol. The predicted octanol–water partition coefficient (Wildman–Crippen LogP) is 2.41. The fraction of sp³-hybridized carbons (Fsp3) is 0.300. The van der Waals surface area contributed by atoms with Gasteiger partial charge in [0.2, 0.25) is 0 Å². The van der Waals surface area contributed by atoms with Crippen LogP contribution in [0.1, 0.15) is 24.5 Å². The molecule has 4 rings (SSSR count). The molecule has 2 aromatic carbocycles. The molecule has 8 nitrogen and oxygen atoms in total. The van der Waals surface area contributed by atoms with E-state index >= 15 is 0 Å². The van der Waals surface area contributed by atoms with Gasteiger partial charge >= 0.3 is 0 Å². The molecular weight excluding hydrogens is 362 g/mol. The van der Waals surface area contributed by atoms with Crippen LogP contribution in [0.4, 0.5) is 22.7 Å². The Hall–Kier alpha value is -3.26. The number of aryl methyl sites for hydroxylation is 1. The summed E-state index contributed by atoms with van der Waals surface area (Å²) in [5.74, 6) is 1.23. The number of nitrogen functional groups attached to an aromatic ring is 1. The van der Waals surface area contributed by atoms with E-state index in [0.717, 1.165) is 5.76 Å². The van der Waals surface area contributed by atoms with Gasteiger partial charge in [-0.25, -0.2) is 0 Å². The van der Waals surface area contributed by atoms with E-state index in [0.29, 0.717) is 19.0 Å². The number of nitrogens with one attached hydrogen (secondary N) is 2. The summed E-state index contributed by atoms with van der Waals surface area (Å²) >= 11 is 0. The summed E-state index contributed by atoms with van der Waals surface area (Å²) in [6, 6.07) is 8.08. The van der Waals surface area contributed by atoms with Crippen molar-refractivity contribution in [2.45, 2.75) is 19.9 Å². The minimum Gasteiger partial charge on any atom is -0.504 e. The molecular formula is C20H21N3O5. The number of phenolic OH excluding ortho intramolecular Hbond substituents is 1. The fourth-order valence-electron chi connectivity index (χ4n) is 3.38. The van der Waals surface area contributed by atoms with Crippen LogP contribution in [-0.4, -0.2) is 18.3 Å².